The Labute approximate surface area is 161 Å². The van der Waals surface area contributed by atoms with Crippen molar-refractivity contribution in [3.05, 3.63) is 63.4 Å². The highest BCUT2D eigenvalue weighted by atomic mass is 16.5. The molecule has 0 saturated carbocycles. The van der Waals surface area contributed by atoms with Gasteiger partial charge in [0.25, 0.3) is 11.5 Å². The number of nitrogens with zero attached hydrogens (tertiary/aromatic N) is 3. The summed E-state index contributed by atoms with van der Waals surface area (Å²) in [5.74, 6) is -0.993. The maximum absolute atomic E-state index is 12.6. The van der Waals surface area contributed by atoms with Crippen molar-refractivity contribution in [2.24, 2.45) is 0 Å². The molecular weight excluding hydrogens is 364 g/mol. The zero-order chi connectivity index (χ0) is 20.1. The lowest BCUT2D eigenvalue weighted by atomic mass is 10.2. The Bertz CT molecular complexity index is 945. The Morgan fingerprint density at radius 3 is 2.39 bits per heavy atom. The molecule has 0 unspecified atom stereocenters. The van der Waals surface area contributed by atoms with Gasteiger partial charge >= 0.3 is 11.7 Å². The number of aromatic nitrogens is 2. The van der Waals surface area contributed by atoms with Gasteiger partial charge in [-0.3, -0.25) is 23.9 Å². The van der Waals surface area contributed by atoms with E-state index < -0.39 is 23.3 Å². The number of anilines is 1. The Balaban J connectivity index is 1.51. The van der Waals surface area contributed by atoms with Crippen molar-refractivity contribution in [3.8, 4) is 0 Å². The van der Waals surface area contributed by atoms with Gasteiger partial charge in [0.05, 0.1) is 0 Å². The Hall–Kier alpha value is -3.36. The minimum Gasteiger partial charge on any atom is -0.451 e. The zero-order valence-electron chi connectivity index (χ0n) is 15.5. The molecule has 0 spiro atoms. The third-order valence-electron chi connectivity index (χ3n) is 4.56. The van der Waals surface area contributed by atoms with Crippen molar-refractivity contribution in [3.63, 3.8) is 0 Å². The Morgan fingerprint density at radius 1 is 1.07 bits per heavy atom. The van der Waals surface area contributed by atoms with E-state index in [1.54, 1.807) is 4.90 Å². The summed E-state index contributed by atoms with van der Waals surface area (Å²) in [7, 11) is 0. The van der Waals surface area contributed by atoms with Crippen LogP contribution in [0.1, 0.15) is 6.92 Å². The lowest BCUT2D eigenvalue weighted by Crippen LogP contribution is -2.51. The summed E-state index contributed by atoms with van der Waals surface area (Å²) >= 11 is 0. The molecule has 1 aromatic heterocycles. The number of para-hydroxylation sites is 1. The van der Waals surface area contributed by atoms with Crippen LogP contribution in [0, 0.1) is 0 Å². The van der Waals surface area contributed by atoms with Crippen LogP contribution < -0.4 is 16.1 Å². The van der Waals surface area contributed by atoms with Gasteiger partial charge in [0.15, 0.2) is 6.10 Å². The summed E-state index contributed by atoms with van der Waals surface area (Å²) < 4.78 is 6.18. The molecule has 1 amide bonds. The Kier molecular flexibility index (Phi) is 5.93. The van der Waals surface area contributed by atoms with E-state index >= 15 is 0 Å². The molecule has 3 rings (SSSR count). The first kappa shape index (κ1) is 19.4. The van der Waals surface area contributed by atoms with Crippen LogP contribution in [0.2, 0.25) is 0 Å². The molecule has 1 fully saturated rings. The Morgan fingerprint density at radius 2 is 1.75 bits per heavy atom. The predicted octanol–water partition coefficient (Wildman–Crippen LogP) is -0.183. The number of piperazine rings is 1. The molecule has 0 bridgehead atoms. The number of hydrogen-bond acceptors (Lipinski definition) is 6. The van der Waals surface area contributed by atoms with Crippen LogP contribution in [0.4, 0.5) is 5.69 Å². The van der Waals surface area contributed by atoms with E-state index in [0.29, 0.717) is 26.2 Å². The fourth-order valence-corrected chi connectivity index (χ4v) is 3.07. The number of nitrogens with one attached hydrogen (secondary N) is 1. The van der Waals surface area contributed by atoms with Gasteiger partial charge in [-0.15, -0.1) is 0 Å². The van der Waals surface area contributed by atoms with Gasteiger partial charge in [0.2, 0.25) is 0 Å². The molecule has 1 atom stereocenters. The molecular formula is C19H22N4O5. The first-order valence-electron chi connectivity index (χ1n) is 9.02. The van der Waals surface area contributed by atoms with E-state index in [0.717, 1.165) is 16.3 Å². The molecule has 2 heterocycles. The van der Waals surface area contributed by atoms with Gasteiger partial charge in [-0.1, -0.05) is 18.2 Å². The van der Waals surface area contributed by atoms with Crippen molar-refractivity contribution in [2.75, 3.05) is 31.1 Å². The largest absolute Gasteiger partial charge is 0.451 e. The van der Waals surface area contributed by atoms with Gasteiger partial charge in [-0.25, -0.2) is 4.79 Å². The number of hydrogen-bond donors (Lipinski definition) is 1. The molecule has 0 aliphatic carbocycles. The van der Waals surface area contributed by atoms with Crippen molar-refractivity contribution in [2.45, 2.75) is 19.6 Å². The number of benzene rings is 1. The molecule has 0 radical (unpaired) electrons. The van der Waals surface area contributed by atoms with Crippen LogP contribution >= 0.6 is 0 Å². The quantitative estimate of drug-likeness (QED) is 0.715. The van der Waals surface area contributed by atoms with Gasteiger partial charge in [0, 0.05) is 44.1 Å². The van der Waals surface area contributed by atoms with E-state index in [4.69, 9.17) is 4.74 Å². The van der Waals surface area contributed by atoms with Crippen molar-refractivity contribution >= 4 is 17.6 Å². The minimum atomic E-state index is -0.950. The summed E-state index contributed by atoms with van der Waals surface area (Å²) in [5, 5.41) is 0. The molecule has 1 aliphatic heterocycles. The van der Waals surface area contributed by atoms with E-state index in [-0.39, 0.29) is 12.5 Å². The first-order chi connectivity index (χ1) is 13.4. The van der Waals surface area contributed by atoms with Gasteiger partial charge in [0.1, 0.15) is 6.54 Å². The average Bonchev–Trinajstić information content (AvgIpc) is 2.70. The molecule has 2 aromatic rings. The minimum absolute atomic E-state index is 0.269. The number of carbonyl (C=O) groups excluding carboxylic acids is 2. The van der Waals surface area contributed by atoms with E-state index in [1.807, 2.05) is 30.3 Å². The summed E-state index contributed by atoms with van der Waals surface area (Å²) in [6, 6.07) is 11.1. The number of esters is 1. The van der Waals surface area contributed by atoms with E-state index in [1.165, 1.54) is 13.1 Å². The van der Waals surface area contributed by atoms with Crippen molar-refractivity contribution < 1.29 is 14.3 Å². The van der Waals surface area contributed by atoms with Gasteiger partial charge in [-0.05, 0) is 19.1 Å². The first-order valence-corrected chi connectivity index (χ1v) is 9.02. The van der Waals surface area contributed by atoms with Crippen LogP contribution in [0.5, 0.6) is 0 Å². The second kappa shape index (κ2) is 8.55. The number of carbonyl (C=O) groups is 2. The summed E-state index contributed by atoms with van der Waals surface area (Å²) in [6.07, 6.45) is 0.256. The smallest absolute Gasteiger partial charge is 0.328 e. The van der Waals surface area contributed by atoms with E-state index in [2.05, 4.69) is 9.88 Å². The number of H-pyrrole nitrogens is 1. The maximum atomic E-state index is 12.6. The normalized spacial score (nSPS) is 15.2. The molecule has 1 saturated heterocycles. The molecule has 9 heteroatoms. The fraction of sp³-hybridized carbons (Fsp3) is 0.368. The van der Waals surface area contributed by atoms with Gasteiger partial charge in [-0.2, -0.15) is 0 Å². The standard InChI is InChI=1S/C19H22N4O5/c1-14(28-17(25)13-23-8-7-16(24)20-19(23)27)18(26)22-11-9-21(10-12-22)15-5-3-2-4-6-15/h2-8,14H,9-13H2,1H3,(H,20,24,27)/t14-/m1/s1. The van der Waals surface area contributed by atoms with Crippen LogP contribution in [-0.4, -0.2) is 58.6 Å². The number of rotatable bonds is 5. The molecule has 9 nitrogen and oxygen atoms in total. The van der Waals surface area contributed by atoms with Crippen LogP contribution in [0.3, 0.4) is 0 Å². The van der Waals surface area contributed by atoms with Crippen molar-refractivity contribution in [1.82, 2.24) is 14.5 Å². The second-order valence-electron chi connectivity index (χ2n) is 6.52. The average molecular weight is 386 g/mol. The fourth-order valence-electron chi connectivity index (χ4n) is 3.07. The number of ether oxygens (including phenoxy) is 1. The zero-order valence-corrected chi connectivity index (χ0v) is 15.5. The maximum Gasteiger partial charge on any atom is 0.328 e. The number of aromatic amines is 1. The SMILES string of the molecule is C[C@@H](OC(=O)Cn1ccc(=O)[nH]c1=O)C(=O)N1CCN(c2ccccc2)CC1. The summed E-state index contributed by atoms with van der Waals surface area (Å²) in [5.41, 5.74) is -0.145. The third-order valence-corrected chi connectivity index (χ3v) is 4.56. The lowest BCUT2D eigenvalue weighted by Gasteiger charge is -2.37. The highest BCUT2D eigenvalue weighted by molar-refractivity contribution is 5.83. The molecule has 148 valence electrons. The predicted molar refractivity (Wildman–Crippen MR) is 102 cm³/mol. The highest BCUT2D eigenvalue weighted by Crippen LogP contribution is 2.16. The third kappa shape index (κ3) is 4.67. The van der Waals surface area contributed by atoms with Crippen LogP contribution in [0.25, 0.3) is 0 Å². The van der Waals surface area contributed by atoms with Crippen LogP contribution in [0.15, 0.2) is 52.2 Å². The molecule has 1 N–H and O–H groups in total. The molecule has 1 aliphatic rings. The van der Waals surface area contributed by atoms with Gasteiger partial charge < -0.3 is 14.5 Å². The van der Waals surface area contributed by atoms with Crippen LogP contribution in [-0.2, 0) is 20.9 Å². The summed E-state index contributed by atoms with van der Waals surface area (Å²) in [6.45, 7) is 3.60. The van der Waals surface area contributed by atoms with E-state index in [9.17, 15) is 19.2 Å². The number of amides is 1. The molecule has 1 aromatic carbocycles. The second-order valence-corrected chi connectivity index (χ2v) is 6.52. The summed E-state index contributed by atoms with van der Waals surface area (Å²) in [4.78, 5) is 53.2. The van der Waals surface area contributed by atoms with Crippen molar-refractivity contribution in [1.29, 1.82) is 0 Å². The monoisotopic (exact) mass is 386 g/mol. The highest BCUT2D eigenvalue weighted by Gasteiger charge is 2.27. The molecule has 28 heavy (non-hydrogen) atoms. The lowest BCUT2D eigenvalue weighted by molar-refractivity contribution is -0.159. The topological polar surface area (TPSA) is 105 Å².